The highest BCUT2D eigenvalue weighted by Gasteiger charge is 2.30. The van der Waals surface area contributed by atoms with Crippen molar-refractivity contribution < 1.29 is 19.2 Å². The molecule has 56 valence electrons. The second kappa shape index (κ2) is 2.10. The predicted octanol–water partition coefficient (Wildman–Crippen LogP) is -1.12. The van der Waals surface area contributed by atoms with Gasteiger partial charge >= 0.3 is 12.1 Å². The van der Waals surface area contributed by atoms with E-state index in [1.807, 2.05) is 0 Å². The molecule has 0 bridgehead atoms. The average molecular weight is 149 g/mol. The normalized spacial score (nSPS) is 25.8. The summed E-state index contributed by atoms with van der Waals surface area (Å²) in [5.41, 5.74) is 0. The molecule has 1 saturated heterocycles. The first-order valence-corrected chi connectivity index (χ1v) is 2.36. The van der Waals surface area contributed by atoms with Gasteiger partial charge in [0.2, 0.25) is 6.35 Å². The molecule has 0 radical (unpaired) electrons. The Bertz CT molecular complexity index is 184. The van der Waals surface area contributed by atoms with Gasteiger partial charge in [-0.3, -0.25) is 10.6 Å². The summed E-state index contributed by atoms with van der Waals surface area (Å²) in [6.07, 6.45) is -1.89. The smallest absolute Gasteiger partial charge is 0.354 e. The summed E-state index contributed by atoms with van der Waals surface area (Å²) in [5.74, 6) is 0. The molecule has 1 aliphatic heterocycles. The lowest BCUT2D eigenvalue weighted by molar-refractivity contribution is -0.0981. The number of rotatable bonds is 0. The maximum Gasteiger partial charge on any atom is 0.357 e. The SMILES string of the molecule is O=C1NC(=O)N(F)C(O)N1. The van der Waals surface area contributed by atoms with E-state index in [2.05, 4.69) is 0 Å². The van der Waals surface area contributed by atoms with E-state index in [4.69, 9.17) is 5.11 Å². The molecule has 1 unspecified atom stereocenters. The minimum atomic E-state index is -1.89. The molecule has 1 rings (SSSR count). The third-order valence-electron chi connectivity index (χ3n) is 0.889. The number of hydrogen-bond acceptors (Lipinski definition) is 3. The number of carbonyl (C=O) groups is 2. The van der Waals surface area contributed by atoms with Gasteiger partial charge in [-0.2, -0.15) is 0 Å². The van der Waals surface area contributed by atoms with Crippen molar-refractivity contribution in [2.45, 2.75) is 6.35 Å². The molecule has 1 aliphatic rings. The summed E-state index contributed by atoms with van der Waals surface area (Å²) in [6.45, 7) is 0. The Hall–Kier alpha value is -1.37. The van der Waals surface area contributed by atoms with Crippen LogP contribution < -0.4 is 10.6 Å². The molecule has 3 N–H and O–H groups in total. The zero-order chi connectivity index (χ0) is 7.72. The maximum absolute atomic E-state index is 12.1. The first kappa shape index (κ1) is 6.75. The molecular formula is C3H4FN3O3. The number of amides is 4. The number of nitrogens with one attached hydrogen (secondary N) is 2. The third kappa shape index (κ3) is 0.982. The van der Waals surface area contributed by atoms with E-state index in [0.29, 0.717) is 0 Å². The van der Waals surface area contributed by atoms with Crippen LogP contribution in [0.15, 0.2) is 0 Å². The van der Waals surface area contributed by atoms with Crippen molar-refractivity contribution in [3.63, 3.8) is 0 Å². The molecule has 0 aliphatic carbocycles. The standard InChI is InChI=1S/C3H4FN3O3/c4-7-2(9)5-1(8)6-3(7)10/h2,9H,(H2,5,6,8,10). The van der Waals surface area contributed by atoms with Crippen LogP contribution in [-0.2, 0) is 0 Å². The van der Waals surface area contributed by atoms with Gasteiger partial charge in [0.25, 0.3) is 0 Å². The molecule has 0 aromatic rings. The summed E-state index contributed by atoms with van der Waals surface area (Å²) in [7, 11) is 0. The van der Waals surface area contributed by atoms with E-state index in [-0.39, 0.29) is 0 Å². The number of aliphatic hydroxyl groups is 1. The van der Waals surface area contributed by atoms with Gasteiger partial charge in [0.15, 0.2) is 0 Å². The lowest BCUT2D eigenvalue weighted by Crippen LogP contribution is -2.60. The van der Waals surface area contributed by atoms with Crippen molar-refractivity contribution in [2.24, 2.45) is 0 Å². The number of urea groups is 2. The Balaban J connectivity index is 2.66. The highest BCUT2D eigenvalue weighted by Crippen LogP contribution is 1.98. The largest absolute Gasteiger partial charge is 0.357 e. The number of aliphatic hydroxyl groups excluding tert-OH is 1. The zero-order valence-electron chi connectivity index (χ0n) is 4.67. The third-order valence-corrected chi connectivity index (χ3v) is 0.889. The molecule has 4 amide bonds. The van der Waals surface area contributed by atoms with E-state index in [9.17, 15) is 14.1 Å². The molecule has 10 heavy (non-hydrogen) atoms. The molecule has 0 saturated carbocycles. The fourth-order valence-corrected chi connectivity index (χ4v) is 0.472. The van der Waals surface area contributed by atoms with Gasteiger partial charge < -0.3 is 5.11 Å². The van der Waals surface area contributed by atoms with Gasteiger partial charge in [-0.15, -0.1) is 5.12 Å². The molecule has 1 fully saturated rings. The number of carbonyl (C=O) groups excluding carboxylic acids is 2. The van der Waals surface area contributed by atoms with Crippen molar-refractivity contribution in [3.8, 4) is 0 Å². The van der Waals surface area contributed by atoms with Crippen LogP contribution in [-0.4, -0.2) is 28.6 Å². The lowest BCUT2D eigenvalue weighted by atomic mass is 10.7. The van der Waals surface area contributed by atoms with Crippen molar-refractivity contribution in [2.75, 3.05) is 0 Å². The minimum absolute atomic E-state index is 0.540. The van der Waals surface area contributed by atoms with Crippen LogP contribution in [0.2, 0.25) is 0 Å². The number of halogens is 1. The highest BCUT2D eigenvalue weighted by atomic mass is 19.2. The van der Waals surface area contributed by atoms with E-state index in [1.54, 1.807) is 10.6 Å². The van der Waals surface area contributed by atoms with Crippen LogP contribution in [0.3, 0.4) is 0 Å². The molecule has 1 heterocycles. The summed E-state index contributed by atoms with van der Waals surface area (Å²) in [6, 6.07) is -2.21. The topological polar surface area (TPSA) is 81.7 Å². The second-order valence-electron chi connectivity index (χ2n) is 1.59. The van der Waals surface area contributed by atoms with Crippen LogP contribution in [0.25, 0.3) is 0 Å². The molecule has 0 aromatic heterocycles. The van der Waals surface area contributed by atoms with Crippen LogP contribution in [0, 0.1) is 0 Å². The Morgan fingerprint density at radius 1 is 1.60 bits per heavy atom. The number of nitrogens with zero attached hydrogens (tertiary/aromatic N) is 1. The Kier molecular flexibility index (Phi) is 1.42. The monoisotopic (exact) mass is 149 g/mol. The van der Waals surface area contributed by atoms with Gasteiger partial charge in [-0.1, -0.05) is 4.48 Å². The number of hydrogen-bond donors (Lipinski definition) is 3. The van der Waals surface area contributed by atoms with Crippen LogP contribution in [0.4, 0.5) is 14.1 Å². The first-order valence-electron chi connectivity index (χ1n) is 2.36. The van der Waals surface area contributed by atoms with Crippen molar-refractivity contribution in [1.29, 1.82) is 0 Å². The zero-order valence-corrected chi connectivity index (χ0v) is 4.67. The molecule has 0 spiro atoms. The van der Waals surface area contributed by atoms with Gasteiger partial charge in [-0.05, 0) is 0 Å². The van der Waals surface area contributed by atoms with Crippen LogP contribution >= 0.6 is 0 Å². The quantitative estimate of drug-likeness (QED) is 0.381. The lowest BCUT2D eigenvalue weighted by Gasteiger charge is -2.23. The van der Waals surface area contributed by atoms with E-state index in [0.717, 1.165) is 0 Å². The summed E-state index contributed by atoms with van der Waals surface area (Å²) >= 11 is 0. The van der Waals surface area contributed by atoms with Crippen molar-refractivity contribution in [1.82, 2.24) is 15.8 Å². The molecule has 0 aromatic carbocycles. The number of imide groups is 1. The van der Waals surface area contributed by atoms with Gasteiger partial charge in [0.05, 0.1) is 0 Å². The Morgan fingerprint density at radius 2 is 2.20 bits per heavy atom. The van der Waals surface area contributed by atoms with Gasteiger partial charge in [0.1, 0.15) is 0 Å². The summed E-state index contributed by atoms with van der Waals surface area (Å²) in [5, 5.41) is 11.2. The summed E-state index contributed by atoms with van der Waals surface area (Å²) < 4.78 is 12.1. The predicted molar refractivity (Wildman–Crippen MR) is 26.0 cm³/mol. The van der Waals surface area contributed by atoms with Gasteiger partial charge in [0, 0.05) is 0 Å². The van der Waals surface area contributed by atoms with Gasteiger partial charge in [-0.25, -0.2) is 9.59 Å². The van der Waals surface area contributed by atoms with E-state index >= 15 is 0 Å². The second-order valence-corrected chi connectivity index (χ2v) is 1.59. The molecule has 1 atom stereocenters. The Labute approximate surface area is 54.5 Å². The minimum Gasteiger partial charge on any atom is -0.354 e. The van der Waals surface area contributed by atoms with E-state index in [1.165, 1.54) is 0 Å². The highest BCUT2D eigenvalue weighted by molar-refractivity contribution is 5.95. The summed E-state index contributed by atoms with van der Waals surface area (Å²) in [4.78, 5) is 20.5. The van der Waals surface area contributed by atoms with Crippen LogP contribution in [0.5, 0.6) is 0 Å². The molecule has 6 nitrogen and oxygen atoms in total. The Morgan fingerprint density at radius 3 is 2.70 bits per heavy atom. The van der Waals surface area contributed by atoms with E-state index < -0.39 is 23.5 Å². The molecular weight excluding hydrogens is 145 g/mol. The van der Waals surface area contributed by atoms with Crippen LogP contribution in [0.1, 0.15) is 0 Å². The van der Waals surface area contributed by atoms with Crippen molar-refractivity contribution >= 4 is 12.1 Å². The maximum atomic E-state index is 12.1. The fourth-order valence-electron chi connectivity index (χ4n) is 0.472. The fraction of sp³-hybridized carbons (Fsp3) is 0.333. The first-order chi connectivity index (χ1) is 4.61. The van der Waals surface area contributed by atoms with Crippen molar-refractivity contribution in [3.05, 3.63) is 0 Å². The molecule has 7 heteroatoms. The average Bonchev–Trinajstić information content (AvgIpc) is 1.82.